The monoisotopic (exact) mass is 277 g/mol. The fourth-order valence-corrected chi connectivity index (χ4v) is 2.78. The van der Waals surface area contributed by atoms with E-state index in [0.717, 1.165) is 24.1 Å². The topological polar surface area (TPSA) is 60.9 Å². The van der Waals surface area contributed by atoms with Crippen LogP contribution in [0.5, 0.6) is 0 Å². The quantitative estimate of drug-likeness (QED) is 0.621. The molecule has 0 radical (unpaired) electrons. The molecule has 0 aliphatic carbocycles. The van der Waals surface area contributed by atoms with Gasteiger partial charge in [0, 0.05) is 6.54 Å². The number of aryl methyl sites for hydroxylation is 1. The van der Waals surface area contributed by atoms with Gasteiger partial charge in [0.05, 0.1) is 10.4 Å². The molecule has 0 aliphatic rings. The van der Waals surface area contributed by atoms with Crippen molar-refractivity contribution in [1.82, 2.24) is 9.78 Å². The summed E-state index contributed by atoms with van der Waals surface area (Å²) >= 11 is 1.57. The van der Waals surface area contributed by atoms with Gasteiger partial charge in [-0.25, -0.2) is 4.68 Å². The summed E-state index contributed by atoms with van der Waals surface area (Å²) in [4.78, 5) is 12.2. The third-order valence-corrected chi connectivity index (χ3v) is 4.00. The SMILES string of the molecule is CCCCCCn1nc(-c2cccs2)c(C=O)c1N. The lowest BCUT2D eigenvalue weighted by Crippen LogP contribution is -2.05. The molecule has 2 aromatic heterocycles. The first-order valence-electron chi connectivity index (χ1n) is 6.63. The number of rotatable bonds is 7. The zero-order valence-corrected chi connectivity index (χ0v) is 11.9. The molecule has 19 heavy (non-hydrogen) atoms. The number of thiophene rings is 1. The second kappa shape index (κ2) is 6.52. The first-order chi connectivity index (χ1) is 9.27. The Hall–Kier alpha value is -1.62. The number of hydrogen-bond donors (Lipinski definition) is 1. The molecule has 2 heterocycles. The molecule has 2 rings (SSSR count). The first kappa shape index (κ1) is 13.8. The molecular formula is C14H19N3OS. The maximum absolute atomic E-state index is 11.2. The van der Waals surface area contributed by atoms with E-state index < -0.39 is 0 Å². The van der Waals surface area contributed by atoms with Crippen LogP contribution in [0.25, 0.3) is 10.6 Å². The van der Waals surface area contributed by atoms with Gasteiger partial charge in [-0.05, 0) is 17.9 Å². The zero-order chi connectivity index (χ0) is 13.7. The van der Waals surface area contributed by atoms with Crippen LogP contribution < -0.4 is 5.73 Å². The van der Waals surface area contributed by atoms with Crippen LogP contribution in [0.2, 0.25) is 0 Å². The molecule has 2 aromatic rings. The highest BCUT2D eigenvalue weighted by atomic mass is 32.1. The lowest BCUT2D eigenvalue weighted by atomic mass is 10.2. The van der Waals surface area contributed by atoms with Crippen LogP contribution in [-0.2, 0) is 6.54 Å². The number of nitrogen functional groups attached to an aromatic ring is 1. The first-order valence-corrected chi connectivity index (χ1v) is 7.51. The van der Waals surface area contributed by atoms with Gasteiger partial charge in [-0.2, -0.15) is 5.10 Å². The number of carbonyl (C=O) groups excluding carboxylic acids is 1. The van der Waals surface area contributed by atoms with Crippen molar-refractivity contribution in [1.29, 1.82) is 0 Å². The van der Waals surface area contributed by atoms with E-state index in [-0.39, 0.29) is 0 Å². The summed E-state index contributed by atoms with van der Waals surface area (Å²) in [5.41, 5.74) is 7.23. The van der Waals surface area contributed by atoms with Crippen molar-refractivity contribution in [3.05, 3.63) is 23.1 Å². The number of carbonyl (C=O) groups is 1. The van der Waals surface area contributed by atoms with Crippen LogP contribution in [0.15, 0.2) is 17.5 Å². The maximum atomic E-state index is 11.2. The third kappa shape index (κ3) is 3.04. The smallest absolute Gasteiger partial charge is 0.156 e. The Morgan fingerprint density at radius 3 is 2.89 bits per heavy atom. The van der Waals surface area contributed by atoms with Gasteiger partial charge in [-0.15, -0.1) is 11.3 Å². The molecule has 0 aliphatic heterocycles. The molecule has 0 fully saturated rings. The van der Waals surface area contributed by atoms with Gasteiger partial charge in [-0.3, -0.25) is 4.79 Å². The molecule has 0 saturated carbocycles. The third-order valence-electron chi connectivity index (χ3n) is 3.13. The van der Waals surface area contributed by atoms with E-state index in [0.29, 0.717) is 17.1 Å². The van der Waals surface area contributed by atoms with Gasteiger partial charge in [0.15, 0.2) is 6.29 Å². The van der Waals surface area contributed by atoms with E-state index in [1.807, 2.05) is 17.5 Å². The van der Waals surface area contributed by atoms with E-state index in [1.165, 1.54) is 19.3 Å². The summed E-state index contributed by atoms with van der Waals surface area (Å²) in [5.74, 6) is 0.481. The van der Waals surface area contributed by atoms with Crippen LogP contribution in [-0.4, -0.2) is 16.1 Å². The van der Waals surface area contributed by atoms with Gasteiger partial charge in [0.2, 0.25) is 0 Å². The van der Waals surface area contributed by atoms with E-state index in [1.54, 1.807) is 16.0 Å². The molecule has 0 spiro atoms. The van der Waals surface area contributed by atoms with Crippen LogP contribution >= 0.6 is 11.3 Å². The minimum Gasteiger partial charge on any atom is -0.383 e. The normalized spacial score (nSPS) is 10.8. The van der Waals surface area contributed by atoms with Gasteiger partial charge < -0.3 is 5.73 Å². The number of nitrogens with zero attached hydrogens (tertiary/aromatic N) is 2. The van der Waals surface area contributed by atoms with Crippen LogP contribution in [0.3, 0.4) is 0 Å². The average molecular weight is 277 g/mol. The maximum Gasteiger partial charge on any atom is 0.156 e. The van der Waals surface area contributed by atoms with Gasteiger partial charge >= 0.3 is 0 Å². The van der Waals surface area contributed by atoms with Crippen molar-refractivity contribution < 1.29 is 4.79 Å². The molecular weight excluding hydrogens is 258 g/mol. The minimum absolute atomic E-state index is 0.481. The highest BCUT2D eigenvalue weighted by Gasteiger charge is 2.16. The molecule has 0 bridgehead atoms. The molecule has 0 unspecified atom stereocenters. The standard InChI is InChI=1S/C14H19N3OS/c1-2-3-4-5-8-17-14(15)11(10-18)13(16-17)12-7-6-9-19-12/h6-7,9-10H,2-5,8,15H2,1H3. The lowest BCUT2D eigenvalue weighted by molar-refractivity contribution is 0.112. The van der Waals surface area contributed by atoms with Crippen LogP contribution in [0.4, 0.5) is 5.82 Å². The van der Waals surface area contributed by atoms with E-state index in [9.17, 15) is 4.79 Å². The molecule has 0 amide bonds. The second-order valence-corrected chi connectivity index (χ2v) is 5.47. The van der Waals surface area contributed by atoms with Crippen molar-refractivity contribution in [2.45, 2.75) is 39.2 Å². The Morgan fingerprint density at radius 1 is 1.42 bits per heavy atom. The largest absolute Gasteiger partial charge is 0.383 e. The molecule has 4 nitrogen and oxygen atoms in total. The van der Waals surface area contributed by atoms with E-state index >= 15 is 0 Å². The highest BCUT2D eigenvalue weighted by molar-refractivity contribution is 7.13. The summed E-state index contributed by atoms with van der Waals surface area (Å²) in [6.45, 7) is 2.96. The van der Waals surface area contributed by atoms with Crippen molar-refractivity contribution in [2.24, 2.45) is 0 Å². The number of anilines is 1. The Labute approximate surface area is 117 Å². The molecule has 0 saturated heterocycles. The number of aromatic nitrogens is 2. The summed E-state index contributed by atoms with van der Waals surface area (Å²) < 4.78 is 1.76. The molecule has 2 N–H and O–H groups in total. The van der Waals surface area contributed by atoms with Crippen molar-refractivity contribution in [3.63, 3.8) is 0 Å². The van der Waals surface area contributed by atoms with Gasteiger partial charge in [-0.1, -0.05) is 32.3 Å². The van der Waals surface area contributed by atoms with E-state index in [4.69, 9.17) is 5.73 Å². The van der Waals surface area contributed by atoms with Crippen LogP contribution in [0, 0.1) is 0 Å². The summed E-state index contributed by atoms with van der Waals surface area (Å²) in [6.07, 6.45) is 5.44. The van der Waals surface area contributed by atoms with Crippen molar-refractivity contribution in [2.75, 3.05) is 5.73 Å². The summed E-state index contributed by atoms with van der Waals surface area (Å²) in [6, 6.07) is 3.91. The lowest BCUT2D eigenvalue weighted by Gasteiger charge is -2.03. The Morgan fingerprint density at radius 2 is 2.26 bits per heavy atom. The zero-order valence-electron chi connectivity index (χ0n) is 11.1. The van der Waals surface area contributed by atoms with E-state index in [2.05, 4.69) is 12.0 Å². The molecule has 102 valence electrons. The predicted molar refractivity (Wildman–Crippen MR) is 79.5 cm³/mol. The fraction of sp³-hybridized carbons (Fsp3) is 0.429. The summed E-state index contributed by atoms with van der Waals surface area (Å²) in [5, 5.41) is 6.46. The number of aldehydes is 1. The van der Waals surface area contributed by atoms with Crippen molar-refractivity contribution in [3.8, 4) is 10.6 Å². The number of nitrogens with two attached hydrogens (primary N) is 1. The number of unbranched alkanes of at least 4 members (excludes halogenated alkanes) is 3. The van der Waals surface area contributed by atoms with Crippen molar-refractivity contribution >= 4 is 23.4 Å². The minimum atomic E-state index is 0.481. The summed E-state index contributed by atoms with van der Waals surface area (Å²) in [7, 11) is 0. The average Bonchev–Trinajstić information content (AvgIpc) is 3.03. The Kier molecular flexibility index (Phi) is 4.74. The highest BCUT2D eigenvalue weighted by Crippen LogP contribution is 2.29. The molecule has 0 aromatic carbocycles. The Bertz CT molecular complexity index is 531. The predicted octanol–water partition coefficient (Wildman–Crippen LogP) is 3.59. The Balaban J connectivity index is 2.19. The molecule has 5 heteroatoms. The van der Waals surface area contributed by atoms with Gasteiger partial charge in [0.1, 0.15) is 11.5 Å². The van der Waals surface area contributed by atoms with Gasteiger partial charge in [0.25, 0.3) is 0 Å². The second-order valence-electron chi connectivity index (χ2n) is 4.53. The van der Waals surface area contributed by atoms with Crippen LogP contribution in [0.1, 0.15) is 43.0 Å². The fourth-order valence-electron chi connectivity index (χ4n) is 2.06. The number of hydrogen-bond acceptors (Lipinski definition) is 4. The molecule has 0 atom stereocenters.